The third kappa shape index (κ3) is 8.37. The van der Waals surface area contributed by atoms with Gasteiger partial charge in [0, 0.05) is 12.1 Å². The lowest BCUT2D eigenvalue weighted by Crippen LogP contribution is -2.08. The smallest absolute Gasteiger partial charge is 0.343 e. The molecule has 0 fully saturated rings. The average Bonchev–Trinajstić information content (AvgIpc) is 2.89. The van der Waals surface area contributed by atoms with Crippen LogP contribution >= 0.6 is 0 Å². The van der Waals surface area contributed by atoms with Gasteiger partial charge in [0.15, 0.2) is 0 Å². The fourth-order valence-corrected chi connectivity index (χ4v) is 2.87. The number of hydrogen-bond acceptors (Lipinski definition) is 6. The quantitative estimate of drug-likeness (QED) is 0.252. The Morgan fingerprint density at radius 1 is 0.629 bits per heavy atom. The minimum absolute atomic E-state index is 0.0679. The van der Waals surface area contributed by atoms with Gasteiger partial charge < -0.3 is 19.3 Å². The highest BCUT2D eigenvalue weighted by molar-refractivity contribution is 5.91. The van der Waals surface area contributed by atoms with Crippen LogP contribution in [-0.4, -0.2) is 23.7 Å². The Morgan fingerprint density at radius 2 is 1.11 bits per heavy atom. The van der Waals surface area contributed by atoms with Gasteiger partial charge in [-0.2, -0.15) is 0 Å². The van der Waals surface area contributed by atoms with Crippen molar-refractivity contribution < 1.29 is 28.9 Å². The van der Waals surface area contributed by atoms with Gasteiger partial charge in [0.25, 0.3) is 0 Å². The Hall–Kier alpha value is -4.58. The number of carbonyl (C=O) groups excluding carboxylic acids is 2. The molecule has 0 saturated carbocycles. The van der Waals surface area contributed by atoms with Crippen molar-refractivity contribution in [2.45, 2.75) is 13.3 Å². The largest absolute Gasteiger partial charge is 0.508 e. The summed E-state index contributed by atoms with van der Waals surface area (Å²) in [6.45, 7) is 2.69. The van der Waals surface area contributed by atoms with Crippen molar-refractivity contribution in [1.82, 2.24) is 0 Å². The highest BCUT2D eigenvalue weighted by Crippen LogP contribution is 2.21. The van der Waals surface area contributed by atoms with E-state index in [1.807, 2.05) is 25.1 Å². The molecule has 0 amide bonds. The van der Waals surface area contributed by atoms with E-state index in [-0.39, 0.29) is 11.7 Å². The highest BCUT2D eigenvalue weighted by Gasteiger charge is 2.09. The molecule has 0 spiro atoms. The Bertz CT molecular complexity index is 1220. The first-order valence-electron chi connectivity index (χ1n) is 11.1. The summed E-state index contributed by atoms with van der Waals surface area (Å²) < 4.78 is 15.9. The van der Waals surface area contributed by atoms with Crippen LogP contribution in [-0.2, 0) is 0 Å². The molecule has 0 radical (unpaired) electrons. The van der Waals surface area contributed by atoms with Crippen LogP contribution in [0, 0.1) is 0 Å². The number of ether oxygens (including phenoxy) is 3. The van der Waals surface area contributed by atoms with Gasteiger partial charge >= 0.3 is 11.9 Å². The van der Waals surface area contributed by atoms with Crippen LogP contribution in [0.5, 0.6) is 23.0 Å². The van der Waals surface area contributed by atoms with Gasteiger partial charge in [-0.15, -0.1) is 0 Å². The third-order valence-corrected chi connectivity index (χ3v) is 4.54. The van der Waals surface area contributed by atoms with Gasteiger partial charge in [0.1, 0.15) is 23.0 Å². The van der Waals surface area contributed by atoms with Crippen LogP contribution in [0.15, 0.2) is 109 Å². The van der Waals surface area contributed by atoms with Crippen molar-refractivity contribution in [3.05, 3.63) is 120 Å². The van der Waals surface area contributed by atoms with Crippen LogP contribution in [0.3, 0.4) is 0 Å². The second-order valence-electron chi connectivity index (χ2n) is 7.33. The Morgan fingerprint density at radius 3 is 1.63 bits per heavy atom. The predicted molar refractivity (Wildman–Crippen MR) is 133 cm³/mol. The molecule has 0 bridgehead atoms. The normalized spacial score (nSPS) is 9.86. The lowest BCUT2D eigenvalue weighted by Gasteiger charge is -2.07. The van der Waals surface area contributed by atoms with Gasteiger partial charge in [0.2, 0.25) is 0 Å². The fourth-order valence-electron chi connectivity index (χ4n) is 2.87. The van der Waals surface area contributed by atoms with Crippen molar-refractivity contribution in [3.8, 4) is 23.0 Å². The Balaban J connectivity index is 0.000000198. The zero-order chi connectivity index (χ0) is 24.9. The topological polar surface area (TPSA) is 82.1 Å². The van der Waals surface area contributed by atoms with Crippen molar-refractivity contribution in [2.75, 3.05) is 6.61 Å². The SMILES string of the molecule is CCCOc1cccc(OC(=O)c2ccccc2)c1.O=C(Oc1cccc(O)c1)c1ccccc1. The maximum Gasteiger partial charge on any atom is 0.343 e. The van der Waals surface area contributed by atoms with E-state index >= 15 is 0 Å². The Kier molecular flexibility index (Phi) is 9.45. The molecular weight excluding hydrogens is 444 g/mol. The van der Waals surface area contributed by atoms with Crippen LogP contribution in [0.2, 0.25) is 0 Å². The number of rotatable bonds is 7. The number of aromatic hydroxyl groups is 1. The number of esters is 2. The van der Waals surface area contributed by atoms with E-state index in [0.29, 0.717) is 35.0 Å². The van der Waals surface area contributed by atoms with E-state index in [1.165, 1.54) is 12.1 Å². The lowest BCUT2D eigenvalue weighted by molar-refractivity contribution is 0.0724. The molecule has 0 heterocycles. The molecule has 178 valence electrons. The number of phenols is 1. The molecule has 0 unspecified atom stereocenters. The third-order valence-electron chi connectivity index (χ3n) is 4.54. The number of phenolic OH excluding ortho intramolecular Hbond substituents is 1. The molecule has 0 aromatic heterocycles. The molecule has 0 saturated heterocycles. The zero-order valence-corrected chi connectivity index (χ0v) is 19.3. The van der Waals surface area contributed by atoms with E-state index in [0.717, 1.165) is 6.42 Å². The second kappa shape index (κ2) is 13.2. The summed E-state index contributed by atoms with van der Waals surface area (Å²) in [5.41, 5.74) is 1.01. The van der Waals surface area contributed by atoms with Gasteiger partial charge in [-0.3, -0.25) is 0 Å². The van der Waals surface area contributed by atoms with Crippen molar-refractivity contribution in [1.29, 1.82) is 0 Å². The summed E-state index contributed by atoms with van der Waals surface area (Å²) in [5, 5.41) is 9.21. The number of benzene rings is 4. The first-order valence-corrected chi connectivity index (χ1v) is 11.1. The summed E-state index contributed by atoms with van der Waals surface area (Å²) in [7, 11) is 0. The number of carbonyl (C=O) groups is 2. The standard InChI is InChI=1S/C16H16O3.C13H10O3/c1-2-11-18-14-9-6-10-15(12-14)19-16(17)13-7-4-3-5-8-13;14-11-7-4-8-12(9-11)16-13(15)10-5-2-1-3-6-10/h3-10,12H,2,11H2,1H3;1-9,14H. The molecule has 4 rings (SSSR count). The maximum absolute atomic E-state index is 11.9. The van der Waals surface area contributed by atoms with Gasteiger partial charge in [0.05, 0.1) is 17.7 Å². The van der Waals surface area contributed by atoms with E-state index in [9.17, 15) is 14.7 Å². The van der Waals surface area contributed by atoms with E-state index in [2.05, 4.69) is 0 Å². The fraction of sp³-hybridized carbons (Fsp3) is 0.103. The van der Waals surface area contributed by atoms with E-state index < -0.39 is 5.97 Å². The summed E-state index contributed by atoms with van der Waals surface area (Å²) in [6.07, 6.45) is 0.939. The van der Waals surface area contributed by atoms with Crippen molar-refractivity contribution >= 4 is 11.9 Å². The predicted octanol–water partition coefficient (Wildman–Crippen LogP) is 6.31. The molecule has 4 aromatic carbocycles. The highest BCUT2D eigenvalue weighted by atomic mass is 16.5. The van der Waals surface area contributed by atoms with Crippen molar-refractivity contribution in [2.24, 2.45) is 0 Å². The van der Waals surface area contributed by atoms with Gasteiger partial charge in [-0.1, -0.05) is 55.5 Å². The van der Waals surface area contributed by atoms with Gasteiger partial charge in [-0.25, -0.2) is 9.59 Å². The first-order chi connectivity index (χ1) is 17.0. The summed E-state index contributed by atoms with van der Waals surface area (Å²) in [4.78, 5) is 23.5. The molecular formula is C29H26O6. The van der Waals surface area contributed by atoms with Crippen LogP contribution in [0.4, 0.5) is 0 Å². The molecule has 6 heteroatoms. The molecule has 1 N–H and O–H groups in total. The van der Waals surface area contributed by atoms with Crippen LogP contribution in [0.25, 0.3) is 0 Å². The minimum Gasteiger partial charge on any atom is -0.508 e. The summed E-state index contributed by atoms with van der Waals surface area (Å²) >= 11 is 0. The average molecular weight is 471 g/mol. The first kappa shape index (κ1) is 25.1. The van der Waals surface area contributed by atoms with Crippen molar-refractivity contribution in [3.63, 3.8) is 0 Å². The summed E-state index contributed by atoms with van der Waals surface area (Å²) in [5.74, 6) is 0.786. The molecule has 0 aliphatic carbocycles. The maximum atomic E-state index is 11.9. The zero-order valence-electron chi connectivity index (χ0n) is 19.3. The van der Waals surface area contributed by atoms with Gasteiger partial charge in [-0.05, 0) is 55.0 Å². The number of hydrogen-bond donors (Lipinski definition) is 1. The molecule has 0 atom stereocenters. The second-order valence-corrected chi connectivity index (χ2v) is 7.33. The monoisotopic (exact) mass is 470 g/mol. The molecule has 0 aliphatic heterocycles. The molecule has 4 aromatic rings. The molecule has 35 heavy (non-hydrogen) atoms. The molecule has 0 aliphatic rings. The molecule has 6 nitrogen and oxygen atoms in total. The summed E-state index contributed by atoms with van der Waals surface area (Å²) in [6, 6.07) is 30.8. The van der Waals surface area contributed by atoms with Crippen LogP contribution in [0.1, 0.15) is 34.1 Å². The lowest BCUT2D eigenvalue weighted by atomic mass is 10.2. The Labute approximate surface area is 204 Å². The van der Waals surface area contributed by atoms with E-state index in [1.54, 1.807) is 78.9 Å². The minimum atomic E-state index is -0.439. The van der Waals surface area contributed by atoms with E-state index in [4.69, 9.17) is 14.2 Å². The van der Waals surface area contributed by atoms with Crippen LogP contribution < -0.4 is 14.2 Å².